The molecule has 5 fully saturated rings. The smallest absolute Gasteiger partial charge is 0.0714 e. The van der Waals surface area contributed by atoms with Crippen molar-refractivity contribution < 1.29 is 0 Å². The van der Waals surface area contributed by atoms with Crippen molar-refractivity contribution in [3.8, 4) is 0 Å². The second kappa shape index (κ2) is 2.54. The van der Waals surface area contributed by atoms with Crippen molar-refractivity contribution in [3.05, 3.63) is 0 Å². The Labute approximate surface area is 136 Å². The van der Waals surface area contributed by atoms with Gasteiger partial charge in [-0.3, -0.25) is 0 Å². The molecule has 0 nitrogen and oxygen atoms in total. The average molecular weight is 490 g/mol. The third-order valence-electron chi connectivity index (χ3n) is 7.43. The maximum Gasteiger partial charge on any atom is 0.0936 e. The lowest BCUT2D eigenvalue weighted by Crippen LogP contribution is -2.26. The molecule has 0 aromatic heterocycles. The van der Waals surface area contributed by atoms with E-state index in [0.29, 0.717) is 21.7 Å². The first-order chi connectivity index (χ1) is 7.87. The van der Waals surface area contributed by atoms with E-state index in [0.717, 1.165) is 0 Å². The van der Waals surface area contributed by atoms with E-state index in [4.69, 9.17) is 0 Å². The van der Waals surface area contributed by atoms with Crippen LogP contribution in [0.3, 0.4) is 0 Å². The van der Waals surface area contributed by atoms with Crippen molar-refractivity contribution in [2.45, 2.75) is 51.4 Å². The Morgan fingerprint density at radius 1 is 0.588 bits per heavy atom. The molecule has 0 aromatic carbocycles. The highest BCUT2D eigenvalue weighted by Gasteiger charge is 3.10. The maximum absolute atomic E-state index is 4.08. The first-order valence-corrected chi connectivity index (χ1v) is 9.80. The van der Waals surface area contributed by atoms with E-state index in [1.807, 2.05) is 0 Å². The monoisotopic (exact) mass is 486 g/mol. The fraction of sp³-hybridized carbons (Fsp3) is 1.00. The third kappa shape index (κ3) is 0.661. The number of rotatable bonds is 0. The molecule has 0 bridgehead atoms. The van der Waals surface area contributed by atoms with Gasteiger partial charge in [-0.2, -0.15) is 0 Å². The van der Waals surface area contributed by atoms with Crippen molar-refractivity contribution in [2.24, 2.45) is 21.7 Å². The number of alkyl halides is 4. The van der Waals surface area contributed by atoms with Gasteiger partial charge in [-0.15, -0.1) is 0 Å². The molecular weight excluding hydrogens is 476 g/mol. The van der Waals surface area contributed by atoms with Crippen LogP contribution in [0.15, 0.2) is 0 Å². The SMILES string of the molecule is BrC1(Br)C23CCCC12C12CCCC1(C3)C2(Br)Br. The molecule has 4 atom stereocenters. The van der Waals surface area contributed by atoms with Gasteiger partial charge in [-0.1, -0.05) is 76.6 Å². The van der Waals surface area contributed by atoms with Crippen molar-refractivity contribution in [2.75, 3.05) is 0 Å². The number of hydrogen-bond donors (Lipinski definition) is 0. The summed E-state index contributed by atoms with van der Waals surface area (Å²) >= 11 is 16.3. The van der Waals surface area contributed by atoms with Crippen LogP contribution in [-0.4, -0.2) is 6.47 Å². The van der Waals surface area contributed by atoms with E-state index in [2.05, 4.69) is 63.7 Å². The van der Waals surface area contributed by atoms with Gasteiger partial charge < -0.3 is 0 Å². The van der Waals surface area contributed by atoms with Gasteiger partial charge in [-0.05, 0) is 32.1 Å². The van der Waals surface area contributed by atoms with Crippen LogP contribution < -0.4 is 0 Å². The van der Waals surface area contributed by atoms with Crippen molar-refractivity contribution in [1.29, 1.82) is 0 Å². The lowest BCUT2D eigenvalue weighted by Gasteiger charge is -2.29. The molecule has 17 heavy (non-hydrogen) atoms. The largest absolute Gasteiger partial charge is 0.0936 e. The zero-order valence-corrected chi connectivity index (χ0v) is 15.8. The van der Waals surface area contributed by atoms with Crippen LogP contribution in [0.4, 0.5) is 0 Å². The van der Waals surface area contributed by atoms with E-state index in [-0.39, 0.29) is 6.47 Å². The Bertz CT molecular complexity index is 430. The summed E-state index contributed by atoms with van der Waals surface area (Å²) in [6.45, 7) is 0. The quantitative estimate of drug-likeness (QED) is 0.383. The molecule has 5 aliphatic rings. The first-order valence-electron chi connectivity index (χ1n) is 6.63. The summed E-state index contributed by atoms with van der Waals surface area (Å²) in [5.41, 5.74) is 2.20. The van der Waals surface area contributed by atoms with Crippen LogP contribution in [0.2, 0.25) is 0 Å². The summed E-state index contributed by atoms with van der Waals surface area (Å²) in [5, 5.41) is 0. The molecule has 0 aromatic rings. The normalized spacial score (nSPS) is 67.1. The summed E-state index contributed by atoms with van der Waals surface area (Å²) < 4.78 is 0.491. The Hall–Kier alpha value is 1.92. The Kier molecular flexibility index (Phi) is 1.73. The predicted octanol–water partition coefficient (Wildman–Crippen LogP) is 5.70. The minimum absolute atomic E-state index is 0.245. The molecule has 0 amide bonds. The zero-order chi connectivity index (χ0) is 11.9. The summed E-state index contributed by atoms with van der Waals surface area (Å²) in [6.07, 6.45) is 10.0. The highest BCUT2D eigenvalue weighted by Crippen LogP contribution is 3.12. The van der Waals surface area contributed by atoms with Crippen LogP contribution in [0.1, 0.15) is 44.9 Å². The van der Waals surface area contributed by atoms with E-state index >= 15 is 0 Å². The second-order valence-corrected chi connectivity index (χ2v) is 13.9. The fourth-order valence-corrected chi connectivity index (χ4v) is 13.2. The average Bonchev–Trinajstić information content (AvgIpc) is 2.73. The standard InChI is InChI=1S/C13H14Br4/c14-12(15)8-3-1-5-10(8,12)11-6-2-4-9(11,7-8)13(11,16)17/h1-7H2. The fourth-order valence-electron chi connectivity index (χ4n) is 7.18. The predicted molar refractivity (Wildman–Crippen MR) is 83.2 cm³/mol. The van der Waals surface area contributed by atoms with Crippen LogP contribution in [0, 0.1) is 21.7 Å². The molecule has 5 rings (SSSR count). The zero-order valence-electron chi connectivity index (χ0n) is 9.46. The number of halogens is 4. The summed E-state index contributed by atoms with van der Waals surface area (Å²) in [4.78, 5) is 0. The molecule has 4 heteroatoms. The summed E-state index contributed by atoms with van der Waals surface area (Å²) in [7, 11) is 0. The van der Waals surface area contributed by atoms with Crippen molar-refractivity contribution in [1.82, 2.24) is 0 Å². The second-order valence-electron chi connectivity index (χ2n) is 7.01. The summed E-state index contributed by atoms with van der Waals surface area (Å²) in [6, 6.07) is 0. The van der Waals surface area contributed by atoms with Gasteiger partial charge in [0.1, 0.15) is 0 Å². The molecule has 5 saturated carbocycles. The first kappa shape index (κ1) is 11.6. The highest BCUT2D eigenvalue weighted by molar-refractivity contribution is 9.26. The Morgan fingerprint density at radius 3 is 1.41 bits per heavy atom. The Balaban J connectivity index is 1.80. The van der Waals surface area contributed by atoms with E-state index in [9.17, 15) is 0 Å². The van der Waals surface area contributed by atoms with Gasteiger partial charge in [0.2, 0.25) is 0 Å². The molecule has 0 N–H and O–H groups in total. The third-order valence-corrected chi connectivity index (χ3v) is 13.2. The van der Waals surface area contributed by atoms with Gasteiger partial charge in [0.15, 0.2) is 0 Å². The van der Waals surface area contributed by atoms with E-state index in [1.165, 1.54) is 44.9 Å². The minimum atomic E-state index is 0.245. The lowest BCUT2D eigenvalue weighted by molar-refractivity contribution is 0.253. The van der Waals surface area contributed by atoms with E-state index < -0.39 is 0 Å². The molecule has 0 heterocycles. The molecule has 0 spiro atoms. The van der Waals surface area contributed by atoms with E-state index in [1.54, 1.807) is 0 Å². The van der Waals surface area contributed by atoms with Crippen LogP contribution in [0.25, 0.3) is 0 Å². The minimum Gasteiger partial charge on any atom is -0.0714 e. The van der Waals surface area contributed by atoms with Crippen LogP contribution >= 0.6 is 63.7 Å². The molecule has 4 unspecified atom stereocenters. The van der Waals surface area contributed by atoms with Gasteiger partial charge in [0.05, 0.1) is 6.47 Å². The summed E-state index contributed by atoms with van der Waals surface area (Å²) in [5.74, 6) is 0. The topological polar surface area (TPSA) is 0 Å². The molecule has 94 valence electrons. The molecule has 5 aliphatic carbocycles. The highest BCUT2D eigenvalue weighted by atomic mass is 79.9. The maximum atomic E-state index is 4.08. The van der Waals surface area contributed by atoms with Crippen molar-refractivity contribution >= 4 is 63.7 Å². The Morgan fingerprint density at radius 2 is 1.00 bits per heavy atom. The van der Waals surface area contributed by atoms with Gasteiger partial charge in [0, 0.05) is 21.7 Å². The number of hydrogen-bond acceptors (Lipinski definition) is 0. The molecule has 0 aliphatic heterocycles. The van der Waals surface area contributed by atoms with Crippen LogP contribution in [-0.2, 0) is 0 Å². The van der Waals surface area contributed by atoms with Gasteiger partial charge >= 0.3 is 0 Å². The molecule has 0 radical (unpaired) electrons. The van der Waals surface area contributed by atoms with Gasteiger partial charge in [0.25, 0.3) is 0 Å². The van der Waals surface area contributed by atoms with Crippen LogP contribution in [0.5, 0.6) is 0 Å². The van der Waals surface area contributed by atoms with Crippen molar-refractivity contribution in [3.63, 3.8) is 0 Å². The lowest BCUT2D eigenvalue weighted by atomic mass is 9.81. The molecular formula is C13H14Br4. The molecule has 0 saturated heterocycles. The van der Waals surface area contributed by atoms with Gasteiger partial charge in [-0.25, -0.2) is 0 Å².